The summed E-state index contributed by atoms with van der Waals surface area (Å²) in [7, 11) is 1.19. The lowest BCUT2D eigenvalue weighted by atomic mass is 10.2. The van der Waals surface area contributed by atoms with Crippen LogP contribution in [0.3, 0.4) is 0 Å². The molecule has 0 aliphatic heterocycles. The maximum absolute atomic E-state index is 11.7. The standard InChI is InChI=1S/C16H25NO6/c1-15(2,3)22-12(18)10-8-9-11(13(19)21-7)17-14(20)23-16(4,5)6/h11H,9H2,1-7H3,(H,17,20)/t11-/m0/s1. The highest BCUT2D eigenvalue weighted by Gasteiger charge is 2.24. The molecule has 0 aromatic rings. The van der Waals surface area contributed by atoms with Crippen LogP contribution in [0.25, 0.3) is 0 Å². The number of methoxy groups -OCH3 is 1. The Bertz CT molecular complexity index is 501. The summed E-state index contributed by atoms with van der Waals surface area (Å²) in [4.78, 5) is 34.8. The summed E-state index contributed by atoms with van der Waals surface area (Å²) < 4.78 is 14.7. The zero-order chi connectivity index (χ0) is 18.3. The van der Waals surface area contributed by atoms with Crippen LogP contribution >= 0.6 is 0 Å². The zero-order valence-corrected chi connectivity index (χ0v) is 14.7. The fraction of sp³-hybridized carbons (Fsp3) is 0.688. The van der Waals surface area contributed by atoms with Crippen molar-refractivity contribution in [3.63, 3.8) is 0 Å². The van der Waals surface area contributed by atoms with Crippen LogP contribution in [-0.4, -0.2) is 42.4 Å². The van der Waals surface area contributed by atoms with Crippen LogP contribution in [-0.2, 0) is 23.8 Å². The first kappa shape index (κ1) is 20.8. The van der Waals surface area contributed by atoms with Gasteiger partial charge in [0.2, 0.25) is 0 Å². The van der Waals surface area contributed by atoms with Crippen LogP contribution in [0.5, 0.6) is 0 Å². The molecule has 0 aromatic carbocycles. The van der Waals surface area contributed by atoms with Crippen molar-refractivity contribution in [2.75, 3.05) is 7.11 Å². The molecule has 130 valence electrons. The van der Waals surface area contributed by atoms with Gasteiger partial charge in [-0.3, -0.25) is 0 Å². The van der Waals surface area contributed by atoms with Gasteiger partial charge in [0.15, 0.2) is 0 Å². The predicted octanol–water partition coefficient (Wildman–Crippen LogP) is 1.79. The molecule has 0 aromatic heterocycles. The zero-order valence-electron chi connectivity index (χ0n) is 14.7. The smallest absolute Gasteiger partial charge is 0.408 e. The lowest BCUT2D eigenvalue weighted by Gasteiger charge is -2.21. The summed E-state index contributed by atoms with van der Waals surface area (Å²) in [6, 6.07) is -1.04. The molecule has 0 aliphatic carbocycles. The number of amides is 1. The van der Waals surface area contributed by atoms with Gasteiger partial charge < -0.3 is 19.5 Å². The Kier molecular flexibility index (Phi) is 7.60. The SMILES string of the molecule is COC(=O)[C@H](CC#CC(=O)OC(C)(C)C)NC(=O)OC(C)(C)C. The second-order valence-corrected chi connectivity index (χ2v) is 6.73. The molecule has 0 rings (SSSR count). The minimum absolute atomic E-state index is 0.106. The molecule has 0 bridgehead atoms. The van der Waals surface area contributed by atoms with Gasteiger partial charge in [0.25, 0.3) is 0 Å². The number of rotatable bonds is 3. The quantitative estimate of drug-likeness (QED) is 0.368. The van der Waals surface area contributed by atoms with Crippen molar-refractivity contribution < 1.29 is 28.6 Å². The van der Waals surface area contributed by atoms with Crippen molar-refractivity contribution in [3.8, 4) is 11.8 Å². The summed E-state index contributed by atoms with van der Waals surface area (Å²) in [5, 5.41) is 2.36. The van der Waals surface area contributed by atoms with Crippen LogP contribution in [0.1, 0.15) is 48.0 Å². The second-order valence-electron chi connectivity index (χ2n) is 6.73. The fourth-order valence-electron chi connectivity index (χ4n) is 1.31. The third kappa shape index (κ3) is 11.0. The Morgan fingerprint density at radius 2 is 1.52 bits per heavy atom. The average molecular weight is 327 g/mol. The Balaban J connectivity index is 4.75. The lowest BCUT2D eigenvalue weighted by molar-refractivity contribution is -0.147. The van der Waals surface area contributed by atoms with Crippen LogP contribution in [0.15, 0.2) is 0 Å². The third-order valence-corrected chi connectivity index (χ3v) is 2.07. The van der Waals surface area contributed by atoms with Gasteiger partial charge in [-0.25, -0.2) is 14.4 Å². The van der Waals surface area contributed by atoms with Crippen LogP contribution in [0, 0.1) is 11.8 Å². The highest BCUT2D eigenvalue weighted by molar-refractivity contribution is 5.89. The van der Waals surface area contributed by atoms with E-state index in [-0.39, 0.29) is 6.42 Å². The van der Waals surface area contributed by atoms with E-state index in [1.165, 1.54) is 7.11 Å². The number of alkyl carbamates (subject to hydrolysis) is 1. The molecule has 0 saturated heterocycles. The first-order valence-corrected chi connectivity index (χ1v) is 7.13. The van der Waals surface area contributed by atoms with E-state index in [0.717, 1.165) is 0 Å². The maximum atomic E-state index is 11.7. The van der Waals surface area contributed by atoms with E-state index >= 15 is 0 Å². The number of esters is 2. The molecule has 0 radical (unpaired) electrons. The van der Waals surface area contributed by atoms with E-state index in [0.29, 0.717) is 0 Å². The van der Waals surface area contributed by atoms with Gasteiger partial charge in [0.05, 0.1) is 7.11 Å². The normalized spacial score (nSPS) is 12.3. The molecule has 1 N–H and O–H groups in total. The average Bonchev–Trinajstić information content (AvgIpc) is 2.32. The first-order chi connectivity index (χ1) is 10.3. The van der Waals surface area contributed by atoms with Crippen molar-refractivity contribution in [2.24, 2.45) is 0 Å². The van der Waals surface area contributed by atoms with Gasteiger partial charge in [0.1, 0.15) is 17.2 Å². The molecule has 0 aliphatic rings. The molecule has 0 saturated carbocycles. The molecule has 0 fully saturated rings. The van der Waals surface area contributed by atoms with Crippen molar-refractivity contribution in [2.45, 2.75) is 65.2 Å². The summed E-state index contributed by atoms with van der Waals surface area (Å²) >= 11 is 0. The summed E-state index contributed by atoms with van der Waals surface area (Å²) in [6.45, 7) is 10.2. The van der Waals surface area contributed by atoms with E-state index < -0.39 is 35.3 Å². The number of hydrogen-bond acceptors (Lipinski definition) is 6. The predicted molar refractivity (Wildman–Crippen MR) is 83.4 cm³/mol. The van der Waals surface area contributed by atoms with Gasteiger partial charge in [-0.2, -0.15) is 0 Å². The van der Waals surface area contributed by atoms with Gasteiger partial charge in [0, 0.05) is 12.3 Å². The third-order valence-electron chi connectivity index (χ3n) is 2.07. The monoisotopic (exact) mass is 327 g/mol. The van der Waals surface area contributed by atoms with E-state index in [4.69, 9.17) is 9.47 Å². The lowest BCUT2D eigenvalue weighted by Crippen LogP contribution is -2.43. The van der Waals surface area contributed by atoms with E-state index in [1.54, 1.807) is 41.5 Å². The first-order valence-electron chi connectivity index (χ1n) is 7.13. The number of hydrogen-bond donors (Lipinski definition) is 1. The molecule has 7 nitrogen and oxygen atoms in total. The van der Waals surface area contributed by atoms with Crippen molar-refractivity contribution in [3.05, 3.63) is 0 Å². The molecule has 1 atom stereocenters. The Hall–Kier alpha value is -2.23. The van der Waals surface area contributed by atoms with Crippen molar-refractivity contribution in [1.29, 1.82) is 0 Å². The molecule has 0 heterocycles. The fourth-order valence-corrected chi connectivity index (χ4v) is 1.31. The second kappa shape index (κ2) is 8.42. The van der Waals surface area contributed by atoms with Crippen LogP contribution in [0.2, 0.25) is 0 Å². The highest BCUT2D eigenvalue weighted by Crippen LogP contribution is 2.08. The van der Waals surface area contributed by atoms with Crippen LogP contribution < -0.4 is 5.32 Å². The van der Waals surface area contributed by atoms with E-state index in [1.807, 2.05) is 0 Å². The Morgan fingerprint density at radius 1 is 1.00 bits per heavy atom. The van der Waals surface area contributed by atoms with Gasteiger partial charge >= 0.3 is 18.0 Å². The molecule has 1 amide bonds. The molecule has 7 heteroatoms. The highest BCUT2D eigenvalue weighted by atomic mass is 16.6. The summed E-state index contributed by atoms with van der Waals surface area (Å²) in [6.07, 6.45) is -0.877. The summed E-state index contributed by atoms with van der Waals surface area (Å²) in [5.74, 6) is 3.36. The maximum Gasteiger partial charge on any atom is 0.408 e. The van der Waals surface area contributed by atoms with Gasteiger partial charge in [-0.05, 0) is 41.5 Å². The summed E-state index contributed by atoms with van der Waals surface area (Å²) in [5.41, 5.74) is -1.35. The van der Waals surface area contributed by atoms with E-state index in [9.17, 15) is 14.4 Å². The molecule has 0 spiro atoms. The molecule has 0 unspecified atom stereocenters. The van der Waals surface area contributed by atoms with Gasteiger partial charge in [-0.15, -0.1) is 0 Å². The minimum atomic E-state index is -1.04. The number of carbonyl (C=O) groups is 3. The van der Waals surface area contributed by atoms with Crippen molar-refractivity contribution >= 4 is 18.0 Å². The largest absolute Gasteiger partial charge is 0.467 e. The Labute approximate surface area is 137 Å². The van der Waals surface area contributed by atoms with Gasteiger partial charge in [-0.1, -0.05) is 5.92 Å². The number of carbonyl (C=O) groups excluding carboxylic acids is 3. The number of nitrogens with one attached hydrogen (secondary N) is 1. The molecular weight excluding hydrogens is 302 g/mol. The Morgan fingerprint density at radius 3 is 1.96 bits per heavy atom. The minimum Gasteiger partial charge on any atom is -0.467 e. The van der Waals surface area contributed by atoms with Crippen molar-refractivity contribution in [1.82, 2.24) is 5.32 Å². The van der Waals surface area contributed by atoms with E-state index in [2.05, 4.69) is 21.9 Å². The topological polar surface area (TPSA) is 90.9 Å². The molecular formula is C16H25NO6. The van der Waals surface area contributed by atoms with Crippen LogP contribution in [0.4, 0.5) is 4.79 Å². The molecule has 23 heavy (non-hydrogen) atoms. The number of ether oxygens (including phenoxy) is 3.